The first kappa shape index (κ1) is 25.1. The van der Waals surface area contributed by atoms with Crippen molar-refractivity contribution >= 4 is 22.7 Å². The van der Waals surface area contributed by atoms with Crippen LogP contribution >= 0.6 is 0 Å². The number of aromatic amines is 1. The Bertz CT molecular complexity index is 1320. The van der Waals surface area contributed by atoms with E-state index >= 15 is 0 Å². The quantitative estimate of drug-likeness (QED) is 0.462. The number of carbonyl (C=O) groups excluding carboxylic acids is 2. The molecule has 8 heteroatoms. The molecule has 2 unspecified atom stereocenters. The molecule has 0 bridgehead atoms. The molecule has 0 aliphatic carbocycles. The van der Waals surface area contributed by atoms with E-state index in [0.29, 0.717) is 44.2 Å². The molecule has 196 valence electrons. The highest BCUT2D eigenvalue weighted by Gasteiger charge is 2.56. The van der Waals surface area contributed by atoms with E-state index in [1.165, 1.54) is 0 Å². The van der Waals surface area contributed by atoms with E-state index in [2.05, 4.69) is 18.0 Å². The lowest BCUT2D eigenvalue weighted by molar-refractivity contribution is -0.166. The highest BCUT2D eigenvalue weighted by molar-refractivity contribution is 6.01. The number of para-hydroxylation sites is 1. The van der Waals surface area contributed by atoms with Crippen molar-refractivity contribution in [2.45, 2.75) is 45.1 Å². The van der Waals surface area contributed by atoms with Gasteiger partial charge in [-0.2, -0.15) is 0 Å². The normalized spacial score (nSPS) is 21.2. The number of piperazine rings is 1. The van der Waals surface area contributed by atoms with Crippen LogP contribution in [0.2, 0.25) is 0 Å². The van der Waals surface area contributed by atoms with Crippen molar-refractivity contribution in [3.63, 3.8) is 0 Å². The first-order valence-electron chi connectivity index (χ1n) is 13.1. The zero-order valence-electron chi connectivity index (χ0n) is 21.8. The zero-order chi connectivity index (χ0) is 26.2. The summed E-state index contributed by atoms with van der Waals surface area (Å²) in [6.07, 6.45) is 1.33. The van der Waals surface area contributed by atoms with E-state index in [9.17, 15) is 14.7 Å². The molecule has 2 N–H and O–H groups in total. The molecule has 0 spiro atoms. The second-order valence-electron chi connectivity index (χ2n) is 9.88. The summed E-state index contributed by atoms with van der Waals surface area (Å²) in [7, 11) is 0. The number of amides is 2. The van der Waals surface area contributed by atoms with Gasteiger partial charge in [-0.05, 0) is 56.0 Å². The number of nitrogens with zero attached hydrogens (tertiary/aromatic N) is 2. The van der Waals surface area contributed by atoms with Gasteiger partial charge >= 0.3 is 0 Å². The van der Waals surface area contributed by atoms with Gasteiger partial charge in [-0.1, -0.05) is 31.2 Å². The van der Waals surface area contributed by atoms with Crippen LogP contribution in [0.15, 0.2) is 42.5 Å². The Hall–Kier alpha value is -3.52. The van der Waals surface area contributed by atoms with Crippen LogP contribution in [0.4, 0.5) is 0 Å². The standard InChI is InChI=1S/C29H35N3O5/c1-4-15-37-23-12-11-19(16-24(23)36-5-2)21-17-32-25(34)18-31(13-8-14-33)28(35)29(32,3)27-26(21)20-9-6-7-10-22(20)30-27/h6-7,9-12,16,21,30,33H,4-5,8,13-15,17-18H2,1-3H3. The van der Waals surface area contributed by atoms with Gasteiger partial charge in [0.25, 0.3) is 5.91 Å². The third kappa shape index (κ3) is 4.13. The topological polar surface area (TPSA) is 95.1 Å². The van der Waals surface area contributed by atoms with Crippen LogP contribution in [-0.2, 0) is 15.1 Å². The molecule has 1 aromatic heterocycles. The molecule has 0 saturated carbocycles. The number of rotatable bonds is 9. The predicted molar refractivity (Wildman–Crippen MR) is 141 cm³/mol. The molecule has 2 aromatic carbocycles. The van der Waals surface area contributed by atoms with E-state index < -0.39 is 5.54 Å². The molecule has 0 radical (unpaired) electrons. The number of hydrogen-bond acceptors (Lipinski definition) is 5. The van der Waals surface area contributed by atoms with Gasteiger partial charge in [0.15, 0.2) is 17.0 Å². The maximum Gasteiger partial charge on any atom is 0.254 e. The van der Waals surface area contributed by atoms with Gasteiger partial charge in [0.2, 0.25) is 5.91 Å². The highest BCUT2D eigenvalue weighted by Crippen LogP contribution is 2.49. The summed E-state index contributed by atoms with van der Waals surface area (Å²) in [6.45, 7) is 7.68. The van der Waals surface area contributed by atoms with Crippen molar-refractivity contribution in [3.05, 3.63) is 59.3 Å². The third-order valence-electron chi connectivity index (χ3n) is 7.54. The Morgan fingerprint density at radius 1 is 1.11 bits per heavy atom. The van der Waals surface area contributed by atoms with Crippen LogP contribution < -0.4 is 9.47 Å². The molecule has 5 rings (SSSR count). The van der Waals surface area contributed by atoms with Gasteiger partial charge < -0.3 is 29.4 Å². The zero-order valence-corrected chi connectivity index (χ0v) is 21.8. The minimum Gasteiger partial charge on any atom is -0.490 e. The molecule has 3 heterocycles. The number of aromatic nitrogens is 1. The molecule has 2 aliphatic rings. The summed E-state index contributed by atoms with van der Waals surface area (Å²) in [4.78, 5) is 34.2. The van der Waals surface area contributed by atoms with Crippen LogP contribution in [0.5, 0.6) is 11.5 Å². The minimum absolute atomic E-state index is 0.0185. The minimum atomic E-state index is -1.15. The van der Waals surface area contributed by atoms with Gasteiger partial charge in [0, 0.05) is 36.5 Å². The van der Waals surface area contributed by atoms with Gasteiger partial charge in [0.05, 0.1) is 25.5 Å². The number of fused-ring (bicyclic) bond motifs is 5. The molecule has 8 nitrogen and oxygen atoms in total. The van der Waals surface area contributed by atoms with E-state index in [4.69, 9.17) is 9.47 Å². The average Bonchev–Trinajstić information content (AvgIpc) is 3.30. The van der Waals surface area contributed by atoms with Gasteiger partial charge in [-0.3, -0.25) is 9.59 Å². The molecule has 3 aromatic rings. The first-order valence-corrected chi connectivity index (χ1v) is 13.1. The van der Waals surface area contributed by atoms with Gasteiger partial charge in [0.1, 0.15) is 0 Å². The smallest absolute Gasteiger partial charge is 0.254 e. The largest absolute Gasteiger partial charge is 0.490 e. The Morgan fingerprint density at radius 3 is 2.68 bits per heavy atom. The van der Waals surface area contributed by atoms with Crippen molar-refractivity contribution in [1.29, 1.82) is 0 Å². The summed E-state index contributed by atoms with van der Waals surface area (Å²) in [6, 6.07) is 14.0. The Kier molecular flexibility index (Phi) is 6.86. The molecule has 2 amide bonds. The Balaban J connectivity index is 1.66. The third-order valence-corrected chi connectivity index (χ3v) is 7.54. The van der Waals surface area contributed by atoms with Gasteiger partial charge in [-0.25, -0.2) is 0 Å². The predicted octanol–water partition coefficient (Wildman–Crippen LogP) is 3.77. The van der Waals surface area contributed by atoms with Crippen molar-refractivity contribution in [1.82, 2.24) is 14.8 Å². The van der Waals surface area contributed by atoms with E-state index in [0.717, 1.165) is 34.1 Å². The van der Waals surface area contributed by atoms with Crippen LogP contribution in [0.25, 0.3) is 10.9 Å². The highest BCUT2D eigenvalue weighted by atomic mass is 16.5. The van der Waals surface area contributed by atoms with Crippen molar-refractivity contribution < 1.29 is 24.2 Å². The second-order valence-corrected chi connectivity index (χ2v) is 9.88. The Morgan fingerprint density at radius 2 is 1.92 bits per heavy atom. The summed E-state index contributed by atoms with van der Waals surface area (Å²) < 4.78 is 11.9. The molecular weight excluding hydrogens is 470 g/mol. The average molecular weight is 506 g/mol. The molecule has 2 aliphatic heterocycles. The SMILES string of the molecule is CCCOc1ccc(C2CN3C(=O)CN(CCCO)C(=O)C3(C)c3[nH]c4ccccc4c32)cc1OCC. The number of nitrogens with one attached hydrogen (secondary N) is 1. The van der Waals surface area contributed by atoms with Crippen molar-refractivity contribution in [2.24, 2.45) is 0 Å². The number of hydrogen-bond donors (Lipinski definition) is 2. The Labute approximate surface area is 217 Å². The lowest BCUT2D eigenvalue weighted by Crippen LogP contribution is -2.67. The lowest BCUT2D eigenvalue weighted by atomic mass is 9.76. The van der Waals surface area contributed by atoms with Crippen LogP contribution in [-0.4, -0.2) is 71.2 Å². The number of H-pyrrole nitrogens is 1. The van der Waals surface area contributed by atoms with Crippen LogP contribution in [0.3, 0.4) is 0 Å². The number of carbonyl (C=O) groups is 2. The van der Waals surface area contributed by atoms with Crippen molar-refractivity contribution in [3.8, 4) is 11.5 Å². The lowest BCUT2D eigenvalue weighted by Gasteiger charge is -2.51. The van der Waals surface area contributed by atoms with Crippen LogP contribution in [0, 0.1) is 0 Å². The fraction of sp³-hybridized carbons (Fsp3) is 0.448. The molecule has 1 saturated heterocycles. The second kappa shape index (κ2) is 10.1. The summed E-state index contributed by atoms with van der Waals surface area (Å²) in [5, 5.41) is 10.4. The van der Waals surface area contributed by atoms with Crippen molar-refractivity contribution in [2.75, 3.05) is 39.5 Å². The van der Waals surface area contributed by atoms with E-state index in [1.54, 1.807) is 9.80 Å². The molecular formula is C29H35N3O5. The molecule has 37 heavy (non-hydrogen) atoms. The van der Waals surface area contributed by atoms with E-state index in [1.807, 2.05) is 50.2 Å². The summed E-state index contributed by atoms with van der Waals surface area (Å²) in [5.74, 6) is 1.02. The molecule has 1 fully saturated rings. The maximum atomic E-state index is 13.9. The summed E-state index contributed by atoms with van der Waals surface area (Å²) in [5.41, 5.74) is 2.57. The fourth-order valence-electron chi connectivity index (χ4n) is 5.76. The number of benzene rings is 2. The number of ether oxygens (including phenoxy) is 2. The first-order chi connectivity index (χ1) is 17.9. The molecule has 2 atom stereocenters. The van der Waals surface area contributed by atoms with E-state index in [-0.39, 0.29) is 30.9 Å². The summed E-state index contributed by atoms with van der Waals surface area (Å²) >= 11 is 0. The van der Waals surface area contributed by atoms with Crippen LogP contribution in [0.1, 0.15) is 56.4 Å². The van der Waals surface area contributed by atoms with Gasteiger partial charge in [-0.15, -0.1) is 0 Å². The fourth-order valence-corrected chi connectivity index (χ4v) is 5.76. The number of aliphatic hydroxyl groups excluding tert-OH is 1. The number of aliphatic hydroxyl groups is 1. The monoisotopic (exact) mass is 505 g/mol. The maximum absolute atomic E-state index is 13.9.